The highest BCUT2D eigenvalue weighted by Crippen LogP contribution is 2.33. The summed E-state index contributed by atoms with van der Waals surface area (Å²) in [5.41, 5.74) is -8.58. The average molecular weight is 386 g/mol. The molecule has 0 amide bonds. The van der Waals surface area contributed by atoms with E-state index >= 15 is 0 Å². The van der Waals surface area contributed by atoms with Crippen molar-refractivity contribution in [3.63, 3.8) is 0 Å². The molecule has 12 heteroatoms. The Morgan fingerprint density at radius 1 is 0.464 bits per heavy atom. The molecule has 0 spiro atoms. The fraction of sp³-hybridized carbons (Fsp3) is 0. The van der Waals surface area contributed by atoms with Gasteiger partial charge in [0.15, 0.2) is 0 Å². The van der Waals surface area contributed by atoms with Gasteiger partial charge in [0.2, 0.25) is 0 Å². The second kappa shape index (κ2) is 6.68. The van der Waals surface area contributed by atoms with E-state index in [-0.39, 0.29) is 12.1 Å². The lowest BCUT2D eigenvalue weighted by Gasteiger charge is -2.25. The Morgan fingerprint density at radius 2 is 0.857 bits per heavy atom. The van der Waals surface area contributed by atoms with Crippen LogP contribution >= 0.6 is 0 Å². The van der Waals surface area contributed by atoms with Crippen LogP contribution in [0.2, 0.25) is 0 Å². The van der Waals surface area contributed by atoms with Crippen molar-refractivity contribution in [2.45, 2.75) is 0 Å². The standard InChI is InChI=1S/C16H8O12/c17-11(18)4-2-5(12(19)20)8(14(23)24)3-1-6(13(21)22)9(15(25)26)10(7(3)4)16(27)28/h1-2H,(H,17,18)(H,19,20)(H,21,22)(H,23,24)(H,25,26)(H,27,28)/p-6. The van der Waals surface area contributed by atoms with Crippen molar-refractivity contribution in [2.24, 2.45) is 0 Å². The van der Waals surface area contributed by atoms with E-state index in [1.54, 1.807) is 0 Å². The summed E-state index contributed by atoms with van der Waals surface area (Å²) in [5, 5.41) is 65.6. The molecule has 28 heavy (non-hydrogen) atoms. The summed E-state index contributed by atoms with van der Waals surface area (Å²) >= 11 is 0. The summed E-state index contributed by atoms with van der Waals surface area (Å²) < 4.78 is 0. The zero-order valence-corrected chi connectivity index (χ0v) is 13.1. The number of benzene rings is 2. The van der Waals surface area contributed by atoms with Gasteiger partial charge in [-0.2, -0.15) is 0 Å². The molecule has 0 aliphatic heterocycles. The van der Waals surface area contributed by atoms with Crippen LogP contribution in [-0.2, 0) is 0 Å². The van der Waals surface area contributed by atoms with E-state index in [1.807, 2.05) is 0 Å². The highest BCUT2D eigenvalue weighted by Gasteiger charge is 2.23. The molecule has 0 radical (unpaired) electrons. The summed E-state index contributed by atoms with van der Waals surface area (Å²) in [6, 6.07) is 0.342. The summed E-state index contributed by atoms with van der Waals surface area (Å²) in [5.74, 6) is -13.9. The van der Waals surface area contributed by atoms with E-state index in [0.29, 0.717) is 0 Å². The third kappa shape index (κ3) is 2.94. The number of carboxylic acid groups (broad SMARTS) is 6. The largest absolute Gasteiger partial charge is 0.545 e. The minimum atomic E-state index is -2.43. The van der Waals surface area contributed by atoms with Gasteiger partial charge in [0.05, 0.1) is 35.8 Å². The number of hydrogen-bond donors (Lipinski definition) is 0. The van der Waals surface area contributed by atoms with E-state index in [4.69, 9.17) is 0 Å². The highest BCUT2D eigenvalue weighted by atomic mass is 16.4. The molecule has 0 aromatic heterocycles. The molecule has 2 aromatic rings. The molecule has 12 nitrogen and oxygen atoms in total. The Hall–Kier alpha value is -4.48. The van der Waals surface area contributed by atoms with Gasteiger partial charge in [0, 0.05) is 38.8 Å². The number of rotatable bonds is 6. The molecule has 0 aliphatic carbocycles. The molecule has 0 N–H and O–H groups in total. The van der Waals surface area contributed by atoms with Gasteiger partial charge in [-0.15, -0.1) is 0 Å². The van der Waals surface area contributed by atoms with Crippen LogP contribution in [0.5, 0.6) is 0 Å². The third-order valence-corrected chi connectivity index (χ3v) is 3.70. The van der Waals surface area contributed by atoms with E-state index in [1.165, 1.54) is 0 Å². The van der Waals surface area contributed by atoms with Crippen LogP contribution < -0.4 is 30.6 Å². The lowest BCUT2D eigenvalue weighted by atomic mass is 9.86. The Bertz CT molecular complexity index is 1120. The monoisotopic (exact) mass is 386 g/mol. The molecular formula is C16H2O12-6. The van der Waals surface area contributed by atoms with Crippen molar-refractivity contribution in [3.8, 4) is 0 Å². The minimum absolute atomic E-state index is 0.141. The van der Waals surface area contributed by atoms with Gasteiger partial charge in [-0.1, -0.05) is 0 Å². The molecule has 144 valence electrons. The highest BCUT2D eigenvalue weighted by molar-refractivity contribution is 6.24. The summed E-state index contributed by atoms with van der Waals surface area (Å²) in [6.45, 7) is 0. The molecule has 0 heterocycles. The lowest BCUT2D eigenvalue weighted by molar-refractivity contribution is -0.261. The number of carbonyl (C=O) groups excluding carboxylic acids is 6. The SMILES string of the molecule is O=C([O-])c1cc2c(C(=O)[O-])c(C(=O)[O-])cc(C(=O)[O-])c2c(C(=O)[O-])c1C(=O)[O-]. The first-order chi connectivity index (χ1) is 12.9. The van der Waals surface area contributed by atoms with Gasteiger partial charge in [0.25, 0.3) is 0 Å². The van der Waals surface area contributed by atoms with Crippen LogP contribution in [0.4, 0.5) is 0 Å². The molecule has 2 aromatic carbocycles. The maximum absolute atomic E-state index is 11.5. The molecule has 0 fully saturated rings. The smallest absolute Gasteiger partial charge is 0.0728 e. The molecule has 0 unspecified atom stereocenters. The van der Waals surface area contributed by atoms with Gasteiger partial charge in [-0.05, 0) is 17.5 Å². The van der Waals surface area contributed by atoms with Crippen molar-refractivity contribution in [1.82, 2.24) is 0 Å². The van der Waals surface area contributed by atoms with E-state index in [9.17, 15) is 59.4 Å². The van der Waals surface area contributed by atoms with Crippen LogP contribution in [0, 0.1) is 0 Å². The van der Waals surface area contributed by atoms with E-state index in [0.717, 1.165) is 0 Å². The van der Waals surface area contributed by atoms with Crippen LogP contribution in [0.15, 0.2) is 12.1 Å². The number of fused-ring (bicyclic) bond motifs is 1. The van der Waals surface area contributed by atoms with Crippen LogP contribution in [0.1, 0.15) is 62.1 Å². The Labute approximate surface area is 152 Å². The Balaban J connectivity index is 3.42. The minimum Gasteiger partial charge on any atom is -0.545 e. The third-order valence-electron chi connectivity index (χ3n) is 3.70. The molecule has 0 atom stereocenters. The summed E-state index contributed by atoms with van der Waals surface area (Å²) in [4.78, 5) is 67.9. The first-order valence-electron chi connectivity index (χ1n) is 6.85. The average Bonchev–Trinajstić information content (AvgIpc) is 2.57. The molecule has 0 saturated carbocycles. The molecule has 2 rings (SSSR count). The quantitative estimate of drug-likeness (QED) is 0.449. The number of carboxylic acids is 6. The Kier molecular flexibility index (Phi) is 4.73. The number of carbonyl (C=O) groups is 6. The van der Waals surface area contributed by atoms with Crippen molar-refractivity contribution in [1.29, 1.82) is 0 Å². The zero-order chi connectivity index (χ0) is 21.5. The number of hydrogen-bond acceptors (Lipinski definition) is 12. The molecule has 0 aliphatic rings. The first-order valence-corrected chi connectivity index (χ1v) is 6.85. The van der Waals surface area contributed by atoms with Gasteiger partial charge in [-0.3, -0.25) is 0 Å². The Morgan fingerprint density at radius 3 is 1.21 bits per heavy atom. The fourth-order valence-electron chi connectivity index (χ4n) is 2.71. The van der Waals surface area contributed by atoms with Crippen LogP contribution in [0.3, 0.4) is 0 Å². The lowest BCUT2D eigenvalue weighted by Crippen LogP contribution is -2.37. The van der Waals surface area contributed by atoms with Crippen molar-refractivity contribution in [2.75, 3.05) is 0 Å². The van der Waals surface area contributed by atoms with Gasteiger partial charge < -0.3 is 59.4 Å². The molecular weight excluding hydrogens is 384 g/mol. The maximum Gasteiger partial charge on any atom is 0.0728 e. The normalized spacial score (nSPS) is 10.4. The van der Waals surface area contributed by atoms with Crippen LogP contribution in [-0.4, -0.2) is 35.8 Å². The van der Waals surface area contributed by atoms with Gasteiger partial charge in [-0.25, -0.2) is 0 Å². The summed E-state index contributed by atoms with van der Waals surface area (Å²) in [6.07, 6.45) is 0. The van der Waals surface area contributed by atoms with Crippen molar-refractivity contribution in [3.05, 3.63) is 45.5 Å². The molecule has 0 bridgehead atoms. The zero-order valence-electron chi connectivity index (χ0n) is 13.1. The fourth-order valence-corrected chi connectivity index (χ4v) is 2.71. The van der Waals surface area contributed by atoms with Crippen molar-refractivity contribution < 1.29 is 59.4 Å². The molecule has 0 saturated heterocycles. The summed E-state index contributed by atoms with van der Waals surface area (Å²) in [7, 11) is 0. The second-order valence-electron chi connectivity index (χ2n) is 5.17. The second-order valence-corrected chi connectivity index (χ2v) is 5.17. The van der Waals surface area contributed by atoms with Gasteiger partial charge in [0.1, 0.15) is 0 Å². The van der Waals surface area contributed by atoms with E-state index in [2.05, 4.69) is 0 Å². The predicted octanol–water partition coefficient (Wildman–Crippen LogP) is -6.98. The van der Waals surface area contributed by atoms with E-state index < -0.39 is 80.0 Å². The topological polar surface area (TPSA) is 241 Å². The van der Waals surface area contributed by atoms with Gasteiger partial charge >= 0.3 is 0 Å². The van der Waals surface area contributed by atoms with Crippen LogP contribution in [0.25, 0.3) is 10.8 Å². The number of aromatic carboxylic acids is 6. The predicted molar refractivity (Wildman–Crippen MR) is 69.9 cm³/mol. The van der Waals surface area contributed by atoms with Crippen molar-refractivity contribution >= 4 is 46.6 Å². The maximum atomic E-state index is 11.5. The first kappa shape index (κ1) is 19.8.